The number of benzene rings is 1. The van der Waals surface area contributed by atoms with Gasteiger partial charge in [-0.15, -0.1) is 0 Å². The lowest BCUT2D eigenvalue weighted by molar-refractivity contribution is -0.118. The van der Waals surface area contributed by atoms with Gasteiger partial charge in [-0.3, -0.25) is 9.59 Å². The molecular formula is C12H10Cl4O2. The van der Waals surface area contributed by atoms with Crippen LogP contribution in [0.3, 0.4) is 0 Å². The lowest BCUT2D eigenvalue weighted by Crippen LogP contribution is -2.08. The molecular weight excluding hydrogens is 318 g/mol. The Morgan fingerprint density at radius 1 is 1.06 bits per heavy atom. The van der Waals surface area contributed by atoms with E-state index in [1.165, 1.54) is 6.07 Å². The van der Waals surface area contributed by atoms with Gasteiger partial charge in [0.15, 0.2) is 5.78 Å². The van der Waals surface area contributed by atoms with E-state index < -0.39 is 5.78 Å². The third-order valence-electron chi connectivity index (χ3n) is 2.29. The van der Waals surface area contributed by atoms with Crippen molar-refractivity contribution in [2.75, 3.05) is 0 Å². The van der Waals surface area contributed by atoms with Crippen molar-refractivity contribution in [1.29, 1.82) is 0 Å². The lowest BCUT2D eigenvalue weighted by Gasteiger charge is -2.08. The van der Waals surface area contributed by atoms with Gasteiger partial charge in [0, 0.05) is 12.0 Å². The van der Waals surface area contributed by atoms with E-state index in [9.17, 15) is 9.59 Å². The summed E-state index contributed by atoms with van der Waals surface area (Å²) in [6.07, 6.45) is 0.849. The van der Waals surface area contributed by atoms with Crippen LogP contribution >= 0.6 is 46.4 Å². The fraction of sp³-hybridized carbons (Fsp3) is 0.333. The first-order valence-corrected chi connectivity index (χ1v) is 6.77. The van der Waals surface area contributed by atoms with Crippen LogP contribution in [0.2, 0.25) is 20.1 Å². The Hall–Kier alpha value is -0.280. The van der Waals surface area contributed by atoms with Crippen LogP contribution in [-0.4, -0.2) is 11.6 Å². The summed E-state index contributed by atoms with van der Waals surface area (Å²) in [5, 5.41) is 0.287. The van der Waals surface area contributed by atoms with E-state index in [2.05, 4.69) is 0 Å². The molecule has 1 rings (SSSR count). The molecule has 0 spiro atoms. The molecule has 0 aliphatic heterocycles. The Morgan fingerprint density at radius 3 is 2.22 bits per heavy atom. The van der Waals surface area contributed by atoms with E-state index in [4.69, 9.17) is 46.4 Å². The average Bonchev–Trinajstić information content (AvgIpc) is 2.31. The van der Waals surface area contributed by atoms with Crippen molar-refractivity contribution in [3.63, 3.8) is 0 Å². The number of ketones is 2. The van der Waals surface area contributed by atoms with E-state index in [1.54, 1.807) is 0 Å². The second kappa shape index (κ2) is 6.76. The SMILES string of the molecule is CCCC(=O)CC(=O)c1cc(Cl)c(Cl)c(Cl)c1Cl. The summed E-state index contributed by atoms with van der Waals surface area (Å²) in [5.41, 5.74) is 0.125. The first-order chi connectivity index (χ1) is 8.38. The minimum absolute atomic E-state index is 0.0251. The molecule has 0 aromatic heterocycles. The van der Waals surface area contributed by atoms with Gasteiger partial charge in [0.1, 0.15) is 5.78 Å². The summed E-state index contributed by atoms with van der Waals surface area (Å²) in [6, 6.07) is 1.33. The van der Waals surface area contributed by atoms with Crippen LogP contribution in [0.5, 0.6) is 0 Å². The Labute approximate surface area is 125 Å². The van der Waals surface area contributed by atoms with E-state index in [0.717, 1.165) is 0 Å². The zero-order valence-electron chi connectivity index (χ0n) is 9.53. The van der Waals surface area contributed by atoms with Gasteiger partial charge < -0.3 is 0 Å². The molecule has 0 amide bonds. The summed E-state index contributed by atoms with van der Waals surface area (Å²) >= 11 is 23.4. The van der Waals surface area contributed by atoms with Crippen LogP contribution in [0.4, 0.5) is 0 Å². The van der Waals surface area contributed by atoms with E-state index in [-0.39, 0.29) is 37.9 Å². The fourth-order valence-electron chi connectivity index (χ4n) is 1.42. The monoisotopic (exact) mass is 326 g/mol. The molecule has 0 saturated heterocycles. The lowest BCUT2D eigenvalue weighted by atomic mass is 10.0. The van der Waals surface area contributed by atoms with Crippen molar-refractivity contribution >= 4 is 58.0 Å². The molecule has 0 unspecified atom stereocenters. The minimum atomic E-state index is -0.404. The molecule has 98 valence electrons. The number of halogens is 4. The number of rotatable bonds is 5. The predicted molar refractivity (Wildman–Crippen MR) is 75.3 cm³/mol. The number of carbonyl (C=O) groups excluding carboxylic acids is 2. The van der Waals surface area contributed by atoms with Crippen LogP contribution in [0, 0.1) is 0 Å². The Bertz CT molecular complexity index is 497. The van der Waals surface area contributed by atoms with Crippen LogP contribution < -0.4 is 0 Å². The first kappa shape index (κ1) is 15.8. The van der Waals surface area contributed by atoms with Gasteiger partial charge in [-0.05, 0) is 12.5 Å². The second-order valence-electron chi connectivity index (χ2n) is 3.74. The van der Waals surface area contributed by atoms with Crippen molar-refractivity contribution < 1.29 is 9.59 Å². The maximum absolute atomic E-state index is 11.9. The van der Waals surface area contributed by atoms with Gasteiger partial charge in [0.2, 0.25) is 0 Å². The van der Waals surface area contributed by atoms with Gasteiger partial charge in [-0.25, -0.2) is 0 Å². The fourth-order valence-corrected chi connectivity index (χ4v) is 2.32. The highest BCUT2D eigenvalue weighted by molar-refractivity contribution is 6.52. The molecule has 0 aliphatic carbocycles. The highest BCUT2D eigenvalue weighted by atomic mass is 35.5. The van der Waals surface area contributed by atoms with Crippen molar-refractivity contribution in [3.8, 4) is 0 Å². The summed E-state index contributed by atoms with van der Waals surface area (Å²) in [4.78, 5) is 23.3. The minimum Gasteiger partial charge on any atom is -0.299 e. The molecule has 0 atom stereocenters. The quantitative estimate of drug-likeness (QED) is 0.320. The maximum atomic E-state index is 11.9. The van der Waals surface area contributed by atoms with E-state index >= 15 is 0 Å². The topological polar surface area (TPSA) is 34.1 Å². The third kappa shape index (κ3) is 3.61. The summed E-state index contributed by atoms with van der Waals surface area (Å²) in [7, 11) is 0. The average molecular weight is 328 g/mol. The number of carbonyl (C=O) groups is 2. The smallest absolute Gasteiger partial charge is 0.171 e. The standard InChI is InChI=1S/C12H10Cl4O2/c1-2-3-6(17)4-9(18)7-5-8(13)11(15)12(16)10(7)14/h5H,2-4H2,1H3. The molecule has 1 aromatic rings. The zero-order chi connectivity index (χ0) is 13.9. The Morgan fingerprint density at radius 2 is 1.67 bits per heavy atom. The van der Waals surface area contributed by atoms with Crippen LogP contribution in [0.25, 0.3) is 0 Å². The Kier molecular flexibility index (Phi) is 5.93. The second-order valence-corrected chi connectivity index (χ2v) is 5.28. The van der Waals surface area contributed by atoms with Gasteiger partial charge in [-0.1, -0.05) is 53.3 Å². The highest BCUT2D eigenvalue weighted by Gasteiger charge is 2.19. The number of Topliss-reactive ketones (excluding diaryl/α,β-unsaturated/α-hetero) is 2. The molecule has 18 heavy (non-hydrogen) atoms. The summed E-state index contributed by atoms with van der Waals surface area (Å²) in [5.74, 6) is -0.542. The zero-order valence-corrected chi connectivity index (χ0v) is 12.6. The molecule has 2 nitrogen and oxygen atoms in total. The maximum Gasteiger partial charge on any atom is 0.171 e. The van der Waals surface area contributed by atoms with E-state index in [1.807, 2.05) is 6.92 Å². The predicted octanol–water partition coefficient (Wildman–Crippen LogP) is 5.24. The third-order valence-corrected chi connectivity index (χ3v) is 4.04. The molecule has 1 aromatic carbocycles. The largest absolute Gasteiger partial charge is 0.299 e. The highest BCUT2D eigenvalue weighted by Crippen LogP contribution is 2.38. The van der Waals surface area contributed by atoms with Gasteiger partial charge in [0.25, 0.3) is 0 Å². The molecule has 6 heteroatoms. The van der Waals surface area contributed by atoms with Gasteiger partial charge in [-0.2, -0.15) is 0 Å². The summed E-state index contributed by atoms with van der Waals surface area (Å²) in [6.45, 7) is 1.87. The molecule has 0 aliphatic rings. The number of hydrogen-bond donors (Lipinski definition) is 0. The van der Waals surface area contributed by atoms with Crippen LogP contribution in [0.1, 0.15) is 36.5 Å². The normalized spacial score (nSPS) is 10.5. The molecule has 0 bridgehead atoms. The summed E-state index contributed by atoms with van der Waals surface area (Å²) < 4.78 is 0. The van der Waals surface area contributed by atoms with Crippen molar-refractivity contribution in [2.45, 2.75) is 26.2 Å². The Balaban J connectivity index is 3.04. The van der Waals surface area contributed by atoms with Gasteiger partial charge in [0.05, 0.1) is 26.5 Å². The van der Waals surface area contributed by atoms with Crippen molar-refractivity contribution in [3.05, 3.63) is 31.7 Å². The molecule has 0 fully saturated rings. The molecule has 0 heterocycles. The van der Waals surface area contributed by atoms with Gasteiger partial charge >= 0.3 is 0 Å². The van der Waals surface area contributed by atoms with Crippen LogP contribution in [0.15, 0.2) is 6.07 Å². The first-order valence-electron chi connectivity index (χ1n) is 5.26. The van der Waals surface area contributed by atoms with E-state index in [0.29, 0.717) is 12.8 Å². The van der Waals surface area contributed by atoms with Crippen LogP contribution in [-0.2, 0) is 4.79 Å². The number of hydrogen-bond acceptors (Lipinski definition) is 2. The van der Waals surface area contributed by atoms with Crippen molar-refractivity contribution in [1.82, 2.24) is 0 Å². The molecule has 0 radical (unpaired) electrons. The molecule has 0 N–H and O–H groups in total. The van der Waals surface area contributed by atoms with Crippen molar-refractivity contribution in [2.24, 2.45) is 0 Å². The molecule has 0 saturated carbocycles.